The first-order chi connectivity index (χ1) is 10.3. The van der Waals surface area contributed by atoms with Gasteiger partial charge < -0.3 is 10.2 Å². The van der Waals surface area contributed by atoms with E-state index in [1.54, 1.807) is 20.8 Å². The molecule has 0 radical (unpaired) electrons. The second kappa shape index (κ2) is 9.05. The van der Waals surface area contributed by atoms with Crippen molar-refractivity contribution in [2.75, 3.05) is 6.54 Å². The largest absolute Gasteiger partial charge is 0.480 e. The maximum Gasteiger partial charge on any atom is 0.432 e. The Morgan fingerprint density at radius 3 is 2.00 bits per heavy atom. The molecule has 0 bridgehead atoms. The number of unbranched alkanes of at least 4 members (excludes halogenated alkanes) is 1. The van der Waals surface area contributed by atoms with Crippen LogP contribution in [0.15, 0.2) is 0 Å². The standard InChI is InChI=1S/C15H30N2O6/c1-14(2,3)22-16-10-8-7-9-11(12(18)19)17(13(20)21)23-15(4,5)6/h11,16H,7-10H2,1-6H3,(H,18,19)(H,20,21)/t11-/m0/s1. The van der Waals surface area contributed by atoms with Crippen molar-refractivity contribution in [3.05, 3.63) is 0 Å². The third kappa shape index (κ3) is 10.9. The van der Waals surface area contributed by atoms with Crippen LogP contribution in [0.2, 0.25) is 0 Å². The minimum atomic E-state index is -1.42. The van der Waals surface area contributed by atoms with Crippen LogP contribution in [0.4, 0.5) is 4.79 Å². The fraction of sp³-hybridized carbons (Fsp3) is 0.867. The highest BCUT2D eigenvalue weighted by atomic mass is 16.7. The Labute approximate surface area is 137 Å². The molecular formula is C15H30N2O6. The van der Waals surface area contributed by atoms with Crippen molar-refractivity contribution in [1.29, 1.82) is 0 Å². The van der Waals surface area contributed by atoms with Crippen LogP contribution in [0.3, 0.4) is 0 Å². The Kier molecular flexibility index (Phi) is 8.50. The Balaban J connectivity index is 4.44. The summed E-state index contributed by atoms with van der Waals surface area (Å²) in [7, 11) is 0. The van der Waals surface area contributed by atoms with E-state index in [0.29, 0.717) is 24.4 Å². The van der Waals surface area contributed by atoms with Gasteiger partial charge in [-0.05, 0) is 60.8 Å². The number of aliphatic carboxylic acids is 1. The summed E-state index contributed by atoms with van der Waals surface area (Å²) in [5, 5.41) is 19.0. The summed E-state index contributed by atoms with van der Waals surface area (Å²) >= 11 is 0. The first-order valence-electron chi connectivity index (χ1n) is 7.68. The molecule has 0 aliphatic rings. The van der Waals surface area contributed by atoms with Gasteiger partial charge >= 0.3 is 12.1 Å². The SMILES string of the molecule is CC(C)(C)ONCCCC[C@@H](C(=O)O)N(OC(C)(C)C)C(=O)O. The fourth-order valence-electron chi connectivity index (χ4n) is 1.67. The van der Waals surface area contributed by atoms with E-state index in [-0.39, 0.29) is 12.0 Å². The Morgan fingerprint density at radius 2 is 1.61 bits per heavy atom. The van der Waals surface area contributed by atoms with Crippen LogP contribution >= 0.6 is 0 Å². The van der Waals surface area contributed by atoms with Crippen LogP contribution < -0.4 is 5.48 Å². The van der Waals surface area contributed by atoms with Crippen LogP contribution in [0, 0.1) is 0 Å². The van der Waals surface area contributed by atoms with E-state index in [1.165, 1.54) is 0 Å². The molecular weight excluding hydrogens is 304 g/mol. The predicted molar refractivity (Wildman–Crippen MR) is 84.8 cm³/mol. The second-order valence-corrected chi connectivity index (χ2v) is 7.27. The molecule has 23 heavy (non-hydrogen) atoms. The van der Waals surface area contributed by atoms with Crippen molar-refractivity contribution in [1.82, 2.24) is 10.5 Å². The highest BCUT2D eigenvalue weighted by Crippen LogP contribution is 2.17. The molecule has 0 aromatic heterocycles. The summed E-state index contributed by atoms with van der Waals surface area (Å²) in [6.45, 7) is 11.3. The van der Waals surface area contributed by atoms with Gasteiger partial charge in [0, 0.05) is 6.54 Å². The average molecular weight is 334 g/mol. The molecule has 0 aliphatic carbocycles. The highest BCUT2D eigenvalue weighted by Gasteiger charge is 2.33. The van der Waals surface area contributed by atoms with Crippen molar-refractivity contribution < 1.29 is 29.5 Å². The van der Waals surface area contributed by atoms with Crippen LogP contribution in [0.25, 0.3) is 0 Å². The summed E-state index contributed by atoms with van der Waals surface area (Å²) in [4.78, 5) is 33.2. The molecule has 0 rings (SSSR count). The maximum atomic E-state index is 11.4. The minimum absolute atomic E-state index is 0.162. The topological polar surface area (TPSA) is 108 Å². The lowest BCUT2D eigenvalue weighted by molar-refractivity contribution is -0.227. The van der Waals surface area contributed by atoms with Crippen LogP contribution in [-0.2, 0) is 14.5 Å². The minimum Gasteiger partial charge on any atom is -0.480 e. The molecule has 0 aromatic rings. The van der Waals surface area contributed by atoms with Gasteiger partial charge in [0.1, 0.15) is 0 Å². The maximum absolute atomic E-state index is 11.4. The molecule has 1 amide bonds. The Morgan fingerprint density at radius 1 is 1.04 bits per heavy atom. The smallest absolute Gasteiger partial charge is 0.432 e. The molecule has 0 saturated carbocycles. The molecule has 136 valence electrons. The summed E-state index contributed by atoms with van der Waals surface area (Å²) in [5.74, 6) is -1.23. The number of rotatable bonds is 9. The van der Waals surface area contributed by atoms with Gasteiger partial charge in [-0.1, -0.05) is 0 Å². The zero-order valence-corrected chi connectivity index (χ0v) is 14.9. The van der Waals surface area contributed by atoms with Crippen molar-refractivity contribution in [2.45, 2.75) is 78.0 Å². The first-order valence-corrected chi connectivity index (χ1v) is 7.68. The number of nitrogens with one attached hydrogen (secondary N) is 1. The predicted octanol–water partition coefficient (Wildman–Crippen LogP) is 2.64. The lowest BCUT2D eigenvalue weighted by Crippen LogP contribution is -2.48. The summed E-state index contributed by atoms with van der Waals surface area (Å²) < 4.78 is 0. The third-order valence-corrected chi connectivity index (χ3v) is 2.51. The molecule has 0 heterocycles. The van der Waals surface area contributed by atoms with E-state index in [1.807, 2.05) is 20.8 Å². The zero-order valence-electron chi connectivity index (χ0n) is 14.9. The number of carbonyl (C=O) groups is 2. The van der Waals surface area contributed by atoms with Gasteiger partial charge in [0.05, 0.1) is 11.2 Å². The second-order valence-electron chi connectivity index (χ2n) is 7.27. The zero-order chi connectivity index (χ0) is 18.3. The van der Waals surface area contributed by atoms with Crippen molar-refractivity contribution in [2.24, 2.45) is 0 Å². The van der Waals surface area contributed by atoms with E-state index >= 15 is 0 Å². The van der Waals surface area contributed by atoms with Crippen molar-refractivity contribution in [3.8, 4) is 0 Å². The van der Waals surface area contributed by atoms with E-state index in [9.17, 15) is 19.8 Å². The molecule has 0 unspecified atom stereocenters. The van der Waals surface area contributed by atoms with Gasteiger partial charge in [-0.3, -0.25) is 9.68 Å². The van der Waals surface area contributed by atoms with E-state index in [2.05, 4.69) is 5.48 Å². The molecule has 0 aromatic carbocycles. The molecule has 8 heteroatoms. The van der Waals surface area contributed by atoms with Gasteiger partial charge in [-0.15, -0.1) is 0 Å². The molecule has 0 fully saturated rings. The lowest BCUT2D eigenvalue weighted by atomic mass is 10.1. The Bertz CT molecular complexity index is 386. The molecule has 8 nitrogen and oxygen atoms in total. The van der Waals surface area contributed by atoms with Gasteiger partial charge in [-0.25, -0.2) is 15.1 Å². The molecule has 0 spiro atoms. The van der Waals surface area contributed by atoms with E-state index in [0.717, 1.165) is 0 Å². The summed E-state index contributed by atoms with van der Waals surface area (Å²) in [6.07, 6.45) is -0.0755. The summed E-state index contributed by atoms with van der Waals surface area (Å²) in [6, 6.07) is -1.24. The molecule has 0 saturated heterocycles. The molecule has 1 atom stereocenters. The normalized spacial score (nSPS) is 13.7. The number of nitrogens with zero attached hydrogens (tertiary/aromatic N) is 1. The number of hydrogen-bond acceptors (Lipinski definition) is 5. The van der Waals surface area contributed by atoms with Crippen molar-refractivity contribution in [3.63, 3.8) is 0 Å². The first kappa shape index (κ1) is 21.6. The Hall–Kier alpha value is -1.38. The number of carboxylic acid groups (broad SMARTS) is 2. The highest BCUT2D eigenvalue weighted by molar-refractivity contribution is 5.78. The fourth-order valence-corrected chi connectivity index (χ4v) is 1.67. The monoisotopic (exact) mass is 334 g/mol. The molecule has 0 aliphatic heterocycles. The van der Waals surface area contributed by atoms with Gasteiger partial charge in [0.2, 0.25) is 0 Å². The van der Waals surface area contributed by atoms with Crippen molar-refractivity contribution >= 4 is 12.1 Å². The lowest BCUT2D eigenvalue weighted by Gasteiger charge is -2.31. The quantitative estimate of drug-likeness (QED) is 0.439. The van der Waals surface area contributed by atoms with Crippen LogP contribution in [-0.4, -0.2) is 51.1 Å². The summed E-state index contributed by atoms with van der Waals surface area (Å²) in [5.41, 5.74) is 1.71. The van der Waals surface area contributed by atoms with E-state index in [4.69, 9.17) is 9.68 Å². The molecule has 3 N–H and O–H groups in total. The van der Waals surface area contributed by atoms with Gasteiger partial charge in [0.15, 0.2) is 6.04 Å². The number of amides is 1. The number of hydroxylamine groups is 3. The van der Waals surface area contributed by atoms with E-state index < -0.39 is 23.7 Å². The number of hydrogen-bond donors (Lipinski definition) is 3. The van der Waals surface area contributed by atoms with Gasteiger partial charge in [0.25, 0.3) is 0 Å². The average Bonchev–Trinajstić information content (AvgIpc) is 2.32. The third-order valence-electron chi connectivity index (χ3n) is 2.51. The van der Waals surface area contributed by atoms with Gasteiger partial charge in [-0.2, -0.15) is 5.06 Å². The number of carboxylic acids is 1. The van der Waals surface area contributed by atoms with Crippen LogP contribution in [0.5, 0.6) is 0 Å². The van der Waals surface area contributed by atoms with Crippen LogP contribution in [0.1, 0.15) is 60.8 Å².